The van der Waals surface area contributed by atoms with Crippen molar-refractivity contribution in [2.45, 2.75) is 0 Å². The molecular weight excluding hydrogens is 382 g/mol. The second-order valence-electron chi connectivity index (χ2n) is 6.33. The van der Waals surface area contributed by atoms with Gasteiger partial charge in [0, 0.05) is 0 Å². The van der Waals surface area contributed by atoms with Gasteiger partial charge in [-0.25, -0.2) is 0 Å². The zero-order valence-corrected chi connectivity index (χ0v) is 16.6. The van der Waals surface area contributed by atoms with Crippen molar-refractivity contribution in [2.75, 3.05) is 49.4 Å². The third-order valence-electron chi connectivity index (χ3n) is 4.36. The summed E-state index contributed by atoms with van der Waals surface area (Å²) in [5.74, 6) is 1.10. The number of ether oxygens (including phenoxy) is 1. The van der Waals surface area contributed by atoms with Crippen LogP contribution < -0.4 is 15.0 Å². The van der Waals surface area contributed by atoms with E-state index in [-0.39, 0.29) is 5.28 Å². The van der Waals surface area contributed by atoms with Crippen LogP contribution in [0.4, 0.5) is 17.2 Å². The van der Waals surface area contributed by atoms with Gasteiger partial charge in [0.1, 0.15) is 0 Å². The molecule has 3 rings (SSSR count). The van der Waals surface area contributed by atoms with E-state index in [9.17, 15) is 4.89 Å². The van der Waals surface area contributed by atoms with E-state index in [4.69, 9.17) is 27.9 Å². The van der Waals surface area contributed by atoms with E-state index in [1.165, 1.54) is 6.20 Å². The molecule has 2 N–H and O–H groups in total. The number of nitrogens with one attached hydrogen (secondary N) is 1. The Morgan fingerprint density at radius 3 is 2.68 bits per heavy atom. The van der Waals surface area contributed by atoms with Gasteiger partial charge in [-0.05, 0) is 0 Å². The number of aromatic nitrogens is 2. The first-order valence-electron chi connectivity index (χ1n) is 7.98. The summed E-state index contributed by atoms with van der Waals surface area (Å²) in [5, 5.41) is 3.62. The molecule has 1 aromatic heterocycles. The molecular formula is C16H21Cl2N4O2P. The summed E-state index contributed by atoms with van der Waals surface area (Å²) in [6, 6.07) is 5.91. The molecule has 0 aliphatic carbocycles. The topological polar surface area (TPSA) is 70.5 Å². The predicted molar refractivity (Wildman–Crippen MR) is 107 cm³/mol. The van der Waals surface area contributed by atoms with Gasteiger partial charge in [-0.15, -0.1) is 0 Å². The van der Waals surface area contributed by atoms with Crippen molar-refractivity contribution in [3.05, 3.63) is 34.7 Å². The molecule has 0 spiro atoms. The van der Waals surface area contributed by atoms with E-state index in [1.807, 2.05) is 24.9 Å². The van der Waals surface area contributed by atoms with Crippen LogP contribution in [0.15, 0.2) is 24.4 Å². The number of halogens is 2. The van der Waals surface area contributed by atoms with E-state index < -0.39 is 7.49 Å². The number of hydrogen-bond donors (Lipinski definition) is 2. The Bertz CT molecular complexity index is 766. The molecule has 1 aromatic carbocycles. The van der Waals surface area contributed by atoms with Crippen molar-refractivity contribution >= 4 is 47.9 Å². The molecule has 2 heterocycles. The minimum absolute atomic E-state index is 0.118. The first-order chi connectivity index (χ1) is 11.9. The average molecular weight is 403 g/mol. The van der Waals surface area contributed by atoms with Gasteiger partial charge in [-0.3, -0.25) is 0 Å². The van der Waals surface area contributed by atoms with Crippen LogP contribution >= 0.6 is 30.7 Å². The number of rotatable bonds is 4. The van der Waals surface area contributed by atoms with Gasteiger partial charge < -0.3 is 0 Å². The van der Waals surface area contributed by atoms with Crippen molar-refractivity contribution in [3.8, 4) is 5.75 Å². The molecule has 1 fully saturated rings. The van der Waals surface area contributed by atoms with E-state index in [1.54, 1.807) is 7.11 Å². The molecule has 1 saturated heterocycles. The van der Waals surface area contributed by atoms with Crippen LogP contribution in [-0.4, -0.2) is 54.0 Å². The van der Waals surface area contributed by atoms with Gasteiger partial charge in [0.05, 0.1) is 0 Å². The fourth-order valence-electron chi connectivity index (χ4n) is 2.79. The molecule has 136 valence electrons. The van der Waals surface area contributed by atoms with Crippen molar-refractivity contribution in [2.24, 2.45) is 0 Å². The van der Waals surface area contributed by atoms with Crippen LogP contribution in [0.5, 0.6) is 5.75 Å². The fraction of sp³-hybridized carbons (Fsp3) is 0.375. The molecule has 0 radical (unpaired) electrons. The number of methoxy groups -OCH3 is 1. The van der Waals surface area contributed by atoms with Gasteiger partial charge in [-0.1, -0.05) is 0 Å². The average Bonchev–Trinajstić information content (AvgIpc) is 2.58. The third-order valence-corrected chi connectivity index (χ3v) is 7.42. The molecule has 6 nitrogen and oxygen atoms in total. The normalized spacial score (nSPS) is 17.9. The standard InChI is InChI=1S/C16H21Cl2N4O2P/c1-24-14-9-11(22-5-7-25(2,23)8-6-22)3-4-13(14)20-15-12(17)10-19-16(18)21-15/h3-4,9-10,23,25H,5-8H2,1-2H3,(H,19,20,21). The summed E-state index contributed by atoms with van der Waals surface area (Å²) in [6.07, 6.45) is 3.21. The van der Waals surface area contributed by atoms with E-state index in [0.717, 1.165) is 36.8 Å². The maximum atomic E-state index is 10.2. The molecule has 0 atom stereocenters. The molecule has 0 unspecified atom stereocenters. The Morgan fingerprint density at radius 2 is 2.00 bits per heavy atom. The second-order valence-corrected chi connectivity index (χ2v) is 11.1. The molecule has 1 aliphatic rings. The van der Waals surface area contributed by atoms with Gasteiger partial charge in [-0.2, -0.15) is 0 Å². The van der Waals surface area contributed by atoms with E-state index >= 15 is 0 Å². The Morgan fingerprint density at radius 1 is 1.28 bits per heavy atom. The van der Waals surface area contributed by atoms with Crippen LogP contribution in [0.1, 0.15) is 0 Å². The number of hydrogen-bond acceptors (Lipinski definition) is 6. The first kappa shape index (κ1) is 18.5. The third kappa shape index (κ3) is 4.45. The van der Waals surface area contributed by atoms with Gasteiger partial charge in [0.25, 0.3) is 0 Å². The summed E-state index contributed by atoms with van der Waals surface area (Å²) in [7, 11) is -0.369. The van der Waals surface area contributed by atoms with Crippen molar-refractivity contribution in [3.63, 3.8) is 0 Å². The van der Waals surface area contributed by atoms with Crippen molar-refractivity contribution in [1.82, 2.24) is 9.97 Å². The number of anilines is 3. The molecule has 9 heteroatoms. The Kier molecular flexibility index (Phi) is 5.54. The van der Waals surface area contributed by atoms with Gasteiger partial charge in [0.2, 0.25) is 0 Å². The zero-order valence-electron chi connectivity index (χ0n) is 14.1. The summed E-state index contributed by atoms with van der Waals surface area (Å²) in [5.41, 5.74) is 1.81. The van der Waals surface area contributed by atoms with Crippen molar-refractivity contribution < 1.29 is 9.63 Å². The molecule has 1 aliphatic heterocycles. The molecule has 2 aromatic rings. The molecule has 25 heavy (non-hydrogen) atoms. The van der Waals surface area contributed by atoms with Crippen LogP contribution in [0, 0.1) is 0 Å². The quantitative estimate of drug-likeness (QED) is 0.600. The second kappa shape index (κ2) is 7.50. The number of benzene rings is 1. The summed E-state index contributed by atoms with van der Waals surface area (Å²) in [4.78, 5) is 20.4. The number of nitrogens with zero attached hydrogens (tertiary/aromatic N) is 3. The Labute approximate surface area is 157 Å². The fourth-order valence-corrected chi connectivity index (χ4v) is 4.81. The Balaban J connectivity index is 1.81. The Hall–Kier alpha value is -1.33. The molecule has 0 amide bonds. The van der Waals surface area contributed by atoms with Crippen LogP contribution in [0.25, 0.3) is 0 Å². The maximum absolute atomic E-state index is 10.2. The van der Waals surface area contributed by atoms with Gasteiger partial charge >= 0.3 is 157 Å². The minimum atomic E-state index is -1.99. The molecule has 0 bridgehead atoms. The van der Waals surface area contributed by atoms with E-state index in [0.29, 0.717) is 16.6 Å². The van der Waals surface area contributed by atoms with Crippen LogP contribution in [0.3, 0.4) is 0 Å². The first-order valence-corrected chi connectivity index (χ1v) is 11.6. The monoisotopic (exact) mass is 402 g/mol. The summed E-state index contributed by atoms with van der Waals surface area (Å²) in [6.45, 7) is 3.75. The SMILES string of the molecule is COc1cc(N2CC[PH](C)(O)CC2)ccc1Nc1nc(Cl)ncc1Cl. The summed E-state index contributed by atoms with van der Waals surface area (Å²) >= 11 is 11.9. The van der Waals surface area contributed by atoms with Crippen LogP contribution in [0.2, 0.25) is 10.3 Å². The van der Waals surface area contributed by atoms with Crippen molar-refractivity contribution in [1.29, 1.82) is 0 Å². The molecule has 0 saturated carbocycles. The predicted octanol–water partition coefficient (Wildman–Crippen LogP) is 3.64. The van der Waals surface area contributed by atoms with E-state index in [2.05, 4.69) is 20.2 Å². The van der Waals surface area contributed by atoms with Crippen LogP contribution in [-0.2, 0) is 0 Å². The zero-order chi connectivity index (χ0) is 18.0. The summed E-state index contributed by atoms with van der Waals surface area (Å²) < 4.78 is 5.51. The van der Waals surface area contributed by atoms with Gasteiger partial charge in [0.15, 0.2) is 0 Å².